The quantitative estimate of drug-likeness (QED) is 0.470. The SMILES string of the molecule is Cc1nc(N)[nH+]c(N)n1.F[B-](F)(F)F. The summed E-state index contributed by atoms with van der Waals surface area (Å²) in [6.07, 6.45) is 0. The molecule has 0 saturated heterocycles. The maximum atomic E-state index is 9.75. The lowest BCUT2D eigenvalue weighted by molar-refractivity contribution is -0.351. The molecule has 5 nitrogen and oxygen atoms in total. The number of hydrogen-bond acceptors (Lipinski definition) is 4. The molecule has 10 heteroatoms. The molecule has 1 rings (SSSR count). The summed E-state index contributed by atoms with van der Waals surface area (Å²) in [6, 6.07) is 0. The van der Waals surface area contributed by atoms with E-state index in [0.717, 1.165) is 0 Å². The van der Waals surface area contributed by atoms with Crippen LogP contribution in [0.5, 0.6) is 0 Å². The van der Waals surface area contributed by atoms with Gasteiger partial charge >= 0.3 is 19.2 Å². The van der Waals surface area contributed by atoms with E-state index in [4.69, 9.17) is 11.5 Å². The zero-order valence-corrected chi connectivity index (χ0v) is 7.14. The molecule has 1 aromatic rings. The van der Waals surface area contributed by atoms with Crippen LogP contribution in [0.1, 0.15) is 5.82 Å². The lowest BCUT2D eigenvalue weighted by Gasteiger charge is -1.94. The third kappa shape index (κ3) is 8.49. The summed E-state index contributed by atoms with van der Waals surface area (Å²) < 4.78 is 39.0. The van der Waals surface area contributed by atoms with Crippen molar-refractivity contribution in [2.75, 3.05) is 11.5 Å². The minimum absolute atomic E-state index is 0.292. The fourth-order valence-corrected chi connectivity index (χ4v) is 0.561. The number of nitrogens with zero attached hydrogens (tertiary/aromatic N) is 2. The zero-order valence-electron chi connectivity index (χ0n) is 7.14. The van der Waals surface area contributed by atoms with Gasteiger partial charge in [-0.05, 0) is 0 Å². The Morgan fingerprint density at radius 2 is 1.36 bits per heavy atom. The van der Waals surface area contributed by atoms with Gasteiger partial charge in [0.15, 0.2) is 0 Å². The first-order chi connectivity index (χ1) is 6.18. The van der Waals surface area contributed by atoms with E-state index < -0.39 is 7.25 Å². The number of nitrogen functional groups attached to an aromatic ring is 2. The van der Waals surface area contributed by atoms with Crippen molar-refractivity contribution in [1.82, 2.24) is 9.97 Å². The van der Waals surface area contributed by atoms with Crippen LogP contribution >= 0.6 is 0 Å². The van der Waals surface area contributed by atoms with E-state index in [1.54, 1.807) is 6.92 Å². The summed E-state index contributed by atoms with van der Waals surface area (Å²) in [5, 5.41) is 0. The smallest absolute Gasteiger partial charge is 0.418 e. The highest BCUT2D eigenvalue weighted by molar-refractivity contribution is 6.50. The molecule has 0 atom stereocenters. The molecule has 0 saturated carbocycles. The van der Waals surface area contributed by atoms with Gasteiger partial charge in [-0.2, -0.15) is 0 Å². The van der Waals surface area contributed by atoms with Crippen molar-refractivity contribution >= 4 is 19.2 Å². The van der Waals surface area contributed by atoms with Gasteiger partial charge in [-0.25, -0.2) is 4.98 Å². The third-order valence-corrected chi connectivity index (χ3v) is 0.821. The van der Waals surface area contributed by atoms with E-state index in [1.165, 1.54) is 0 Å². The van der Waals surface area contributed by atoms with Gasteiger partial charge in [0.05, 0.1) is 0 Å². The fourth-order valence-electron chi connectivity index (χ4n) is 0.561. The maximum absolute atomic E-state index is 9.75. The standard InChI is InChI=1S/C4H7N5.BF4/c1-2-7-3(5)9-4(6)8-2;2-1(3,4)5/h1H3,(H4,5,6,7,8,9);/q;-1/p+1. The average molecular weight is 213 g/mol. The van der Waals surface area contributed by atoms with E-state index >= 15 is 0 Å². The van der Waals surface area contributed by atoms with Crippen molar-refractivity contribution in [2.45, 2.75) is 6.92 Å². The molecule has 0 unspecified atom stereocenters. The molecule has 0 aliphatic carbocycles. The molecule has 0 spiro atoms. The Hall–Kier alpha value is -1.61. The molecule has 0 fully saturated rings. The Bertz CT molecular complexity index is 246. The van der Waals surface area contributed by atoms with Gasteiger partial charge < -0.3 is 28.7 Å². The van der Waals surface area contributed by atoms with Gasteiger partial charge in [-0.15, -0.1) is 9.97 Å². The second-order valence-corrected chi connectivity index (χ2v) is 2.16. The first kappa shape index (κ1) is 12.4. The zero-order chi connectivity index (χ0) is 11.4. The van der Waals surface area contributed by atoms with Crippen molar-refractivity contribution in [3.05, 3.63) is 5.82 Å². The number of nitrogens with two attached hydrogens (primary N) is 2. The summed E-state index contributed by atoms with van der Waals surface area (Å²) >= 11 is 0. The molecular formula is C4H8BF4N5. The molecular weight excluding hydrogens is 205 g/mol. The predicted octanol–water partition coefficient (Wildman–Crippen LogP) is 0.0635. The highest BCUT2D eigenvalue weighted by Crippen LogP contribution is 2.06. The van der Waals surface area contributed by atoms with E-state index in [9.17, 15) is 17.3 Å². The summed E-state index contributed by atoms with van der Waals surface area (Å²) in [5.74, 6) is 1.16. The molecule has 0 aliphatic rings. The topological polar surface area (TPSA) is 92.0 Å². The number of nitrogens with one attached hydrogen (secondary N) is 1. The highest BCUT2D eigenvalue weighted by atomic mass is 19.5. The van der Waals surface area contributed by atoms with Crippen molar-refractivity contribution < 1.29 is 22.2 Å². The lowest BCUT2D eigenvalue weighted by atomic mass is 10.3. The van der Waals surface area contributed by atoms with Crippen molar-refractivity contribution in [3.63, 3.8) is 0 Å². The number of H-pyrrole nitrogens is 1. The van der Waals surface area contributed by atoms with E-state index in [-0.39, 0.29) is 0 Å². The van der Waals surface area contributed by atoms with Crippen LogP contribution in [0.4, 0.5) is 29.2 Å². The number of anilines is 2. The Kier molecular flexibility index (Phi) is 4.06. The van der Waals surface area contributed by atoms with Crippen LogP contribution < -0.4 is 16.5 Å². The summed E-state index contributed by atoms with van der Waals surface area (Å²) in [4.78, 5) is 10.1. The highest BCUT2D eigenvalue weighted by Gasteiger charge is 2.20. The van der Waals surface area contributed by atoms with Gasteiger partial charge in [0.25, 0.3) is 0 Å². The summed E-state index contributed by atoms with van der Waals surface area (Å²) in [7, 11) is -6.00. The first-order valence-corrected chi connectivity index (χ1v) is 3.34. The van der Waals surface area contributed by atoms with Crippen LogP contribution in [0.25, 0.3) is 0 Å². The number of hydrogen-bond donors (Lipinski definition) is 2. The van der Waals surface area contributed by atoms with Crippen LogP contribution in [-0.4, -0.2) is 17.2 Å². The van der Waals surface area contributed by atoms with Gasteiger partial charge in [0.1, 0.15) is 0 Å². The number of aryl methyl sites for hydroxylation is 1. The summed E-state index contributed by atoms with van der Waals surface area (Å²) in [5.41, 5.74) is 10.5. The van der Waals surface area contributed by atoms with Gasteiger partial charge in [-0.3, -0.25) is 0 Å². The molecule has 1 heterocycles. The average Bonchev–Trinajstić information content (AvgIpc) is 1.77. The maximum Gasteiger partial charge on any atom is 0.673 e. The lowest BCUT2D eigenvalue weighted by Crippen LogP contribution is -2.20. The molecule has 14 heavy (non-hydrogen) atoms. The van der Waals surface area contributed by atoms with Crippen LogP contribution in [0.3, 0.4) is 0 Å². The molecule has 0 aliphatic heterocycles. The summed E-state index contributed by atoms with van der Waals surface area (Å²) in [6.45, 7) is 1.72. The molecule has 0 bridgehead atoms. The number of aromatic amines is 1. The van der Waals surface area contributed by atoms with Crippen molar-refractivity contribution in [3.8, 4) is 0 Å². The predicted molar refractivity (Wildman–Crippen MR) is 42.3 cm³/mol. The van der Waals surface area contributed by atoms with Crippen LogP contribution in [-0.2, 0) is 0 Å². The van der Waals surface area contributed by atoms with Gasteiger partial charge in [-0.1, -0.05) is 0 Å². The molecule has 80 valence electrons. The monoisotopic (exact) mass is 213 g/mol. The normalized spacial score (nSPS) is 10.4. The number of halogens is 4. The second kappa shape index (κ2) is 4.58. The molecule has 0 radical (unpaired) electrons. The van der Waals surface area contributed by atoms with E-state index in [2.05, 4.69) is 15.0 Å². The number of aromatic nitrogens is 3. The van der Waals surface area contributed by atoms with Crippen molar-refractivity contribution in [2.24, 2.45) is 0 Å². The second-order valence-electron chi connectivity index (χ2n) is 2.16. The Morgan fingerprint density at radius 3 is 1.57 bits per heavy atom. The largest absolute Gasteiger partial charge is 0.673 e. The minimum Gasteiger partial charge on any atom is -0.418 e. The third-order valence-electron chi connectivity index (χ3n) is 0.821. The molecule has 1 aromatic heterocycles. The Labute approximate surface area is 76.7 Å². The minimum atomic E-state index is -6.00. The van der Waals surface area contributed by atoms with Gasteiger partial charge in [0.2, 0.25) is 5.82 Å². The number of rotatable bonds is 0. The van der Waals surface area contributed by atoms with Gasteiger partial charge in [0, 0.05) is 6.92 Å². The Morgan fingerprint density at radius 1 is 1.07 bits per heavy atom. The van der Waals surface area contributed by atoms with E-state index in [0.29, 0.717) is 17.7 Å². The molecule has 0 aromatic carbocycles. The van der Waals surface area contributed by atoms with Crippen LogP contribution in [0, 0.1) is 6.92 Å². The van der Waals surface area contributed by atoms with Crippen LogP contribution in [0.2, 0.25) is 0 Å². The fraction of sp³-hybridized carbons (Fsp3) is 0.250. The molecule has 5 N–H and O–H groups in total. The first-order valence-electron chi connectivity index (χ1n) is 3.34. The molecule has 0 amide bonds. The Balaban J connectivity index is 0.000000292. The van der Waals surface area contributed by atoms with Crippen LogP contribution in [0.15, 0.2) is 0 Å². The van der Waals surface area contributed by atoms with E-state index in [1.807, 2.05) is 0 Å². The van der Waals surface area contributed by atoms with Crippen molar-refractivity contribution in [1.29, 1.82) is 0 Å².